The van der Waals surface area contributed by atoms with E-state index in [1.54, 1.807) is 24.3 Å². The fraction of sp³-hybridized carbons (Fsp3) is 0.538. The van der Waals surface area contributed by atoms with Crippen LogP contribution in [0.5, 0.6) is 0 Å². The number of rotatable bonds is 4. The van der Waals surface area contributed by atoms with E-state index >= 15 is 0 Å². The first-order chi connectivity index (χ1) is 8.86. The summed E-state index contributed by atoms with van der Waals surface area (Å²) in [5.41, 5.74) is -0.946. The molecule has 7 heteroatoms. The summed E-state index contributed by atoms with van der Waals surface area (Å²) in [6.07, 6.45) is 0. The number of halogens is 1. The molecule has 1 aromatic rings. The molecule has 0 amide bonds. The minimum Gasteiger partial charge on any atom is -0.395 e. The van der Waals surface area contributed by atoms with Crippen molar-refractivity contribution >= 4 is 34.4 Å². The maximum atomic E-state index is 11.7. The van der Waals surface area contributed by atoms with Crippen molar-refractivity contribution in [3.63, 3.8) is 0 Å². The Balaban J connectivity index is 3.28. The van der Waals surface area contributed by atoms with Crippen LogP contribution < -0.4 is 0 Å². The fourth-order valence-corrected chi connectivity index (χ4v) is 4.79. The highest BCUT2D eigenvalue weighted by atomic mass is 79.9. The van der Waals surface area contributed by atoms with Crippen LogP contribution in [-0.4, -0.2) is 21.3 Å². The minimum absolute atomic E-state index is 0.156. The van der Waals surface area contributed by atoms with Gasteiger partial charge in [-0.2, -0.15) is 8.42 Å². The van der Waals surface area contributed by atoms with E-state index in [4.69, 9.17) is 4.43 Å². The van der Waals surface area contributed by atoms with Gasteiger partial charge in [-0.05, 0) is 24.2 Å². The Bertz CT molecular complexity index is 578. The summed E-state index contributed by atoms with van der Waals surface area (Å²) < 4.78 is 39.5. The van der Waals surface area contributed by atoms with E-state index in [0.29, 0.717) is 10.0 Å². The molecule has 0 fully saturated rings. The Hall–Kier alpha value is -0.213. The van der Waals surface area contributed by atoms with Crippen LogP contribution in [0, 0.1) is 0 Å². The molecule has 0 bridgehead atoms. The smallest absolute Gasteiger partial charge is 0.295 e. The molecule has 114 valence electrons. The van der Waals surface area contributed by atoms with Gasteiger partial charge in [-0.3, -0.25) is 4.55 Å². The molecule has 0 unspecified atom stereocenters. The zero-order valence-electron chi connectivity index (χ0n) is 12.3. The predicted octanol–water partition coefficient (Wildman–Crippen LogP) is 4.36. The number of hydrogen-bond donors (Lipinski definition) is 1. The number of hydrogen-bond acceptors (Lipinski definition) is 3. The van der Waals surface area contributed by atoms with Gasteiger partial charge in [0.15, 0.2) is 8.32 Å². The lowest BCUT2D eigenvalue weighted by Crippen LogP contribution is -2.43. The molecule has 0 aliphatic heterocycles. The molecule has 0 heterocycles. The van der Waals surface area contributed by atoms with Crippen LogP contribution in [0.3, 0.4) is 0 Å². The second kappa shape index (κ2) is 5.88. The van der Waals surface area contributed by atoms with Crippen LogP contribution in [0.1, 0.15) is 31.8 Å². The van der Waals surface area contributed by atoms with E-state index < -0.39 is 23.9 Å². The number of benzene rings is 1. The topological polar surface area (TPSA) is 63.6 Å². The normalized spacial score (nSPS) is 15.2. The van der Waals surface area contributed by atoms with E-state index in [1.807, 2.05) is 33.9 Å². The summed E-state index contributed by atoms with van der Waals surface area (Å²) in [5.74, 6) is 0. The van der Waals surface area contributed by atoms with Gasteiger partial charge in [0.2, 0.25) is 5.44 Å². The van der Waals surface area contributed by atoms with Crippen molar-refractivity contribution in [1.29, 1.82) is 0 Å². The second-order valence-corrected chi connectivity index (χ2v) is 13.3. The van der Waals surface area contributed by atoms with Gasteiger partial charge in [0.1, 0.15) is 0 Å². The van der Waals surface area contributed by atoms with Gasteiger partial charge in [-0.15, -0.1) is 0 Å². The molecule has 20 heavy (non-hydrogen) atoms. The largest absolute Gasteiger partial charge is 0.395 e. The SMILES string of the molecule is CC(C)(C)[Si](C)(C)O[C@@H](c1ccccc1Br)S(=O)(=O)O. The van der Waals surface area contributed by atoms with Gasteiger partial charge in [-0.25, -0.2) is 0 Å². The summed E-state index contributed by atoms with van der Waals surface area (Å²) in [4.78, 5) is 0. The Morgan fingerprint density at radius 2 is 1.75 bits per heavy atom. The van der Waals surface area contributed by atoms with Crippen LogP contribution in [0.15, 0.2) is 28.7 Å². The van der Waals surface area contributed by atoms with E-state index in [1.165, 1.54) is 0 Å². The molecule has 0 aromatic heterocycles. The zero-order valence-corrected chi connectivity index (χ0v) is 15.7. The molecule has 0 spiro atoms. The third kappa shape index (κ3) is 4.14. The Morgan fingerprint density at radius 1 is 1.25 bits per heavy atom. The van der Waals surface area contributed by atoms with Crippen LogP contribution in [-0.2, 0) is 14.5 Å². The highest BCUT2D eigenvalue weighted by molar-refractivity contribution is 9.10. The average Bonchev–Trinajstić information content (AvgIpc) is 2.24. The maximum absolute atomic E-state index is 11.7. The van der Waals surface area contributed by atoms with E-state index in [-0.39, 0.29) is 5.04 Å². The fourth-order valence-electron chi connectivity index (χ4n) is 1.40. The van der Waals surface area contributed by atoms with Crippen molar-refractivity contribution in [2.75, 3.05) is 0 Å². The van der Waals surface area contributed by atoms with Gasteiger partial charge >= 0.3 is 0 Å². The summed E-state index contributed by atoms with van der Waals surface area (Å²) in [6, 6.07) is 6.85. The molecule has 0 saturated heterocycles. The monoisotopic (exact) mass is 380 g/mol. The lowest BCUT2D eigenvalue weighted by atomic mass is 10.2. The third-order valence-corrected chi connectivity index (χ3v) is 9.86. The quantitative estimate of drug-likeness (QED) is 0.622. The zero-order chi connectivity index (χ0) is 15.8. The standard InChI is InChI=1S/C13H21BrO4SSi/c1-13(2,3)20(4,5)18-12(19(15,16)17)10-8-6-7-9-11(10)14/h6-9,12H,1-5H3,(H,15,16,17)/t12-/m1/s1. The second-order valence-electron chi connectivity index (χ2n) is 6.25. The van der Waals surface area contributed by atoms with Gasteiger partial charge in [-0.1, -0.05) is 54.9 Å². The Labute approximate surface area is 130 Å². The average molecular weight is 381 g/mol. The first-order valence-electron chi connectivity index (χ1n) is 6.25. The molecule has 1 aromatic carbocycles. The van der Waals surface area contributed by atoms with Crippen molar-refractivity contribution in [1.82, 2.24) is 0 Å². The first kappa shape index (κ1) is 17.8. The van der Waals surface area contributed by atoms with E-state index in [0.717, 1.165) is 0 Å². The summed E-state index contributed by atoms with van der Waals surface area (Å²) in [7, 11) is -6.69. The lowest BCUT2D eigenvalue weighted by molar-refractivity contribution is 0.238. The Morgan fingerprint density at radius 3 is 2.15 bits per heavy atom. The predicted molar refractivity (Wildman–Crippen MR) is 86.7 cm³/mol. The lowest BCUT2D eigenvalue weighted by Gasteiger charge is -2.38. The van der Waals surface area contributed by atoms with E-state index in [2.05, 4.69) is 15.9 Å². The molecule has 1 rings (SSSR count). The van der Waals surface area contributed by atoms with Crippen molar-refractivity contribution in [2.45, 2.75) is 44.3 Å². The maximum Gasteiger partial charge on any atom is 0.295 e. The van der Waals surface area contributed by atoms with Gasteiger partial charge < -0.3 is 4.43 Å². The van der Waals surface area contributed by atoms with E-state index in [9.17, 15) is 13.0 Å². The molecular weight excluding hydrogens is 360 g/mol. The summed E-state index contributed by atoms with van der Waals surface area (Å²) in [5, 5.41) is -0.156. The van der Waals surface area contributed by atoms with Gasteiger partial charge in [0.05, 0.1) is 0 Å². The van der Waals surface area contributed by atoms with Crippen LogP contribution >= 0.6 is 15.9 Å². The molecule has 0 radical (unpaired) electrons. The highest BCUT2D eigenvalue weighted by Crippen LogP contribution is 2.41. The van der Waals surface area contributed by atoms with Gasteiger partial charge in [0.25, 0.3) is 10.1 Å². The van der Waals surface area contributed by atoms with Crippen molar-refractivity contribution < 1.29 is 17.4 Å². The first-order valence-corrected chi connectivity index (χ1v) is 11.5. The molecule has 1 atom stereocenters. The Kier molecular flexibility index (Phi) is 5.25. The molecular formula is C13H21BrO4SSi. The van der Waals surface area contributed by atoms with Crippen LogP contribution in [0.2, 0.25) is 18.1 Å². The van der Waals surface area contributed by atoms with Crippen molar-refractivity contribution in [3.05, 3.63) is 34.3 Å². The third-order valence-electron chi connectivity index (χ3n) is 3.64. The summed E-state index contributed by atoms with van der Waals surface area (Å²) in [6.45, 7) is 9.94. The molecule has 0 saturated carbocycles. The molecule has 1 N–H and O–H groups in total. The van der Waals surface area contributed by atoms with Crippen molar-refractivity contribution in [3.8, 4) is 0 Å². The van der Waals surface area contributed by atoms with Crippen LogP contribution in [0.4, 0.5) is 0 Å². The summed E-state index contributed by atoms with van der Waals surface area (Å²) >= 11 is 3.31. The molecule has 0 aliphatic rings. The highest BCUT2D eigenvalue weighted by Gasteiger charge is 2.43. The molecule has 4 nitrogen and oxygen atoms in total. The van der Waals surface area contributed by atoms with Crippen molar-refractivity contribution in [2.24, 2.45) is 0 Å². The van der Waals surface area contributed by atoms with Crippen LogP contribution in [0.25, 0.3) is 0 Å². The molecule has 0 aliphatic carbocycles. The minimum atomic E-state index is -4.35. The van der Waals surface area contributed by atoms with Gasteiger partial charge in [0, 0.05) is 10.0 Å².